The predicted octanol–water partition coefficient (Wildman–Crippen LogP) is 3.33. The average Bonchev–Trinajstić information content (AvgIpc) is 2.19. The Bertz CT molecular complexity index is 262. The van der Waals surface area contributed by atoms with Crippen molar-refractivity contribution in [2.75, 3.05) is 7.11 Å². The molecule has 0 radical (unpaired) electrons. The van der Waals surface area contributed by atoms with Gasteiger partial charge in [-0.1, -0.05) is 41.1 Å². The van der Waals surface area contributed by atoms with Crippen molar-refractivity contribution >= 4 is 26.9 Å². The second-order valence-electron chi connectivity index (χ2n) is 2.29. The molecule has 0 aliphatic heterocycles. The Labute approximate surface area is 85.4 Å². The number of hydrogen-bond acceptors (Lipinski definition) is 4. The Morgan fingerprint density at radius 1 is 1.38 bits per heavy atom. The molecule has 0 aromatic heterocycles. The van der Waals surface area contributed by atoms with E-state index in [9.17, 15) is 4.79 Å². The van der Waals surface area contributed by atoms with Gasteiger partial charge in [0.05, 0.1) is 7.11 Å². The Hall–Kier alpha value is -0.610. The summed E-state index contributed by atoms with van der Waals surface area (Å²) in [7, 11) is 4.00. The van der Waals surface area contributed by atoms with E-state index in [2.05, 4.69) is 4.74 Å². The summed E-state index contributed by atoms with van der Waals surface area (Å²) in [5, 5.41) is -0.249. The van der Waals surface area contributed by atoms with E-state index in [1.54, 1.807) is 0 Å². The van der Waals surface area contributed by atoms with E-state index < -0.39 is 0 Å². The second-order valence-corrected chi connectivity index (χ2v) is 4.52. The van der Waals surface area contributed by atoms with Crippen LogP contribution in [0.15, 0.2) is 30.3 Å². The molecule has 0 aliphatic rings. The Balaban J connectivity index is 2.24. The molecule has 0 fully saturated rings. The van der Waals surface area contributed by atoms with Gasteiger partial charge in [-0.2, -0.15) is 0 Å². The van der Waals surface area contributed by atoms with Gasteiger partial charge < -0.3 is 4.74 Å². The minimum atomic E-state index is -0.249. The quantitative estimate of drug-likeness (QED) is 0.569. The fourth-order valence-corrected chi connectivity index (χ4v) is 2.38. The molecule has 0 saturated heterocycles. The molecule has 0 spiro atoms. The SMILES string of the molecule is COC(=O)SSCc1ccccc1. The molecule has 0 amide bonds. The van der Waals surface area contributed by atoms with Crippen molar-refractivity contribution in [3.8, 4) is 0 Å². The first-order valence-corrected chi connectivity index (χ1v) is 6.06. The van der Waals surface area contributed by atoms with Crippen LogP contribution in [0.3, 0.4) is 0 Å². The number of benzene rings is 1. The lowest BCUT2D eigenvalue weighted by atomic mass is 10.2. The van der Waals surface area contributed by atoms with Crippen molar-refractivity contribution in [2.45, 2.75) is 5.75 Å². The van der Waals surface area contributed by atoms with Crippen LogP contribution >= 0.6 is 21.6 Å². The zero-order valence-electron chi connectivity index (χ0n) is 7.23. The Morgan fingerprint density at radius 3 is 2.69 bits per heavy atom. The summed E-state index contributed by atoms with van der Waals surface area (Å²) in [6.45, 7) is 0. The van der Waals surface area contributed by atoms with Crippen LogP contribution in [0.4, 0.5) is 4.79 Å². The van der Waals surface area contributed by atoms with Gasteiger partial charge in [-0.15, -0.1) is 0 Å². The molecule has 4 heteroatoms. The Kier molecular flexibility index (Phi) is 4.78. The second kappa shape index (κ2) is 5.94. The van der Waals surface area contributed by atoms with Gasteiger partial charge in [0.2, 0.25) is 0 Å². The number of carbonyl (C=O) groups is 1. The highest BCUT2D eigenvalue weighted by Gasteiger charge is 2.01. The van der Waals surface area contributed by atoms with Gasteiger partial charge in [0, 0.05) is 16.5 Å². The van der Waals surface area contributed by atoms with E-state index >= 15 is 0 Å². The summed E-state index contributed by atoms with van der Waals surface area (Å²) < 4.78 is 4.49. The van der Waals surface area contributed by atoms with Crippen LogP contribution in [0.1, 0.15) is 5.56 Å². The minimum absolute atomic E-state index is 0.249. The van der Waals surface area contributed by atoms with Crippen LogP contribution < -0.4 is 0 Å². The monoisotopic (exact) mass is 214 g/mol. The largest absolute Gasteiger partial charge is 0.460 e. The lowest BCUT2D eigenvalue weighted by Gasteiger charge is -1.98. The van der Waals surface area contributed by atoms with Crippen LogP contribution in [0, 0.1) is 0 Å². The lowest BCUT2D eigenvalue weighted by Crippen LogP contribution is -1.87. The van der Waals surface area contributed by atoms with E-state index in [0.717, 1.165) is 16.5 Å². The topological polar surface area (TPSA) is 26.3 Å². The van der Waals surface area contributed by atoms with E-state index in [1.807, 2.05) is 30.3 Å². The normalized spacial score (nSPS) is 9.62. The highest BCUT2D eigenvalue weighted by Crippen LogP contribution is 2.26. The summed E-state index contributed by atoms with van der Waals surface area (Å²) in [6.07, 6.45) is 0. The van der Waals surface area contributed by atoms with Crippen LogP contribution in [0.5, 0.6) is 0 Å². The van der Waals surface area contributed by atoms with Gasteiger partial charge in [0.15, 0.2) is 0 Å². The van der Waals surface area contributed by atoms with Crippen molar-refractivity contribution in [1.29, 1.82) is 0 Å². The van der Waals surface area contributed by atoms with Crippen LogP contribution in [-0.2, 0) is 10.5 Å². The first kappa shape index (κ1) is 10.5. The third-order valence-corrected chi connectivity index (χ3v) is 3.35. The molecule has 0 aliphatic carbocycles. The van der Waals surface area contributed by atoms with Crippen molar-refractivity contribution in [3.05, 3.63) is 35.9 Å². The maximum atomic E-state index is 10.7. The molecule has 1 rings (SSSR count). The van der Waals surface area contributed by atoms with Crippen molar-refractivity contribution in [2.24, 2.45) is 0 Å². The van der Waals surface area contributed by atoms with Crippen molar-refractivity contribution in [1.82, 2.24) is 0 Å². The Morgan fingerprint density at radius 2 is 2.08 bits per heavy atom. The summed E-state index contributed by atoms with van der Waals surface area (Å²) in [5.41, 5.74) is 1.21. The first-order chi connectivity index (χ1) is 6.33. The fourth-order valence-electron chi connectivity index (χ4n) is 0.754. The molecular weight excluding hydrogens is 204 g/mol. The molecule has 0 bridgehead atoms. The standard InChI is InChI=1S/C9H10O2S2/c1-11-9(10)13-12-7-8-5-3-2-4-6-8/h2-6H,7H2,1H3. The van der Waals surface area contributed by atoms with Gasteiger partial charge in [-0.25, -0.2) is 4.79 Å². The number of methoxy groups -OCH3 is 1. The molecule has 0 unspecified atom stereocenters. The van der Waals surface area contributed by atoms with Crippen molar-refractivity contribution < 1.29 is 9.53 Å². The molecule has 0 heterocycles. The van der Waals surface area contributed by atoms with Gasteiger partial charge in [0.25, 0.3) is 0 Å². The van der Waals surface area contributed by atoms with Crippen LogP contribution in [-0.4, -0.2) is 12.4 Å². The molecule has 0 saturated carbocycles. The summed E-state index contributed by atoms with van der Waals surface area (Å²) >= 11 is 0. The molecule has 1 aromatic carbocycles. The van der Waals surface area contributed by atoms with Crippen LogP contribution in [0.25, 0.3) is 0 Å². The number of ether oxygens (including phenoxy) is 1. The van der Waals surface area contributed by atoms with E-state index in [4.69, 9.17) is 0 Å². The third-order valence-electron chi connectivity index (χ3n) is 1.36. The maximum Gasteiger partial charge on any atom is 0.377 e. The summed E-state index contributed by atoms with van der Waals surface area (Å²) in [6, 6.07) is 10.0. The number of hydrogen-bond donors (Lipinski definition) is 0. The van der Waals surface area contributed by atoms with Gasteiger partial charge in [-0.3, -0.25) is 0 Å². The molecular formula is C9H10O2S2. The van der Waals surface area contributed by atoms with Gasteiger partial charge >= 0.3 is 5.30 Å². The molecule has 2 nitrogen and oxygen atoms in total. The van der Waals surface area contributed by atoms with Crippen molar-refractivity contribution in [3.63, 3.8) is 0 Å². The fraction of sp³-hybridized carbons (Fsp3) is 0.222. The predicted molar refractivity (Wildman–Crippen MR) is 57.7 cm³/mol. The third kappa shape index (κ3) is 4.24. The number of carbonyl (C=O) groups excluding carboxylic acids is 1. The smallest absolute Gasteiger partial charge is 0.377 e. The van der Waals surface area contributed by atoms with Crippen LogP contribution in [0.2, 0.25) is 0 Å². The highest BCUT2D eigenvalue weighted by molar-refractivity contribution is 8.81. The van der Waals surface area contributed by atoms with Gasteiger partial charge in [0.1, 0.15) is 0 Å². The first-order valence-electron chi connectivity index (χ1n) is 3.74. The zero-order valence-corrected chi connectivity index (χ0v) is 8.86. The molecule has 70 valence electrons. The summed E-state index contributed by atoms with van der Waals surface area (Å²) in [5.74, 6) is 0.820. The maximum absolute atomic E-state index is 10.7. The number of rotatable bonds is 3. The van der Waals surface area contributed by atoms with Gasteiger partial charge in [-0.05, 0) is 5.56 Å². The van der Waals surface area contributed by atoms with E-state index in [-0.39, 0.29) is 5.30 Å². The molecule has 0 atom stereocenters. The molecule has 13 heavy (non-hydrogen) atoms. The average molecular weight is 214 g/mol. The minimum Gasteiger partial charge on any atom is -0.460 e. The summed E-state index contributed by atoms with van der Waals surface area (Å²) in [4.78, 5) is 10.7. The van der Waals surface area contributed by atoms with E-state index in [1.165, 1.54) is 23.5 Å². The molecule has 0 N–H and O–H groups in total. The zero-order chi connectivity index (χ0) is 9.52. The molecule has 1 aromatic rings. The highest BCUT2D eigenvalue weighted by atomic mass is 33.1. The lowest BCUT2D eigenvalue weighted by molar-refractivity contribution is 0.200. The van der Waals surface area contributed by atoms with E-state index in [0.29, 0.717) is 0 Å².